The van der Waals surface area contributed by atoms with E-state index in [0.29, 0.717) is 62.9 Å². The maximum absolute atomic E-state index is 14.7. The van der Waals surface area contributed by atoms with Crippen LogP contribution in [0.3, 0.4) is 0 Å². The molecular weight excluding hydrogens is 855 g/mol. The molecule has 2 heterocycles. The monoisotopic (exact) mass is 930 g/mol. The molecule has 4 rings (SSSR count). The van der Waals surface area contributed by atoms with E-state index in [9.17, 15) is 29.1 Å². The fourth-order valence-electron chi connectivity index (χ4n) is 8.50. The van der Waals surface area contributed by atoms with Crippen LogP contribution in [0.2, 0.25) is 0 Å². The second kappa shape index (κ2) is 27.4. The van der Waals surface area contributed by atoms with Crippen molar-refractivity contribution in [2.75, 3.05) is 66.3 Å². The second-order valence-electron chi connectivity index (χ2n) is 17.6. The highest BCUT2D eigenvalue weighted by molar-refractivity contribution is 7.09. The van der Waals surface area contributed by atoms with Gasteiger partial charge in [0.1, 0.15) is 28.6 Å². The Bertz CT molecular complexity index is 1830. The summed E-state index contributed by atoms with van der Waals surface area (Å²) in [5, 5.41) is 21.4. The summed E-state index contributed by atoms with van der Waals surface area (Å²) in [5.41, 5.74) is 6.83. The van der Waals surface area contributed by atoms with Gasteiger partial charge >= 0.3 is 12.1 Å². The van der Waals surface area contributed by atoms with Crippen molar-refractivity contribution in [2.45, 2.75) is 136 Å². The molecule has 0 spiro atoms. The number of hydrogen-bond acceptors (Lipinski definition) is 13. The van der Waals surface area contributed by atoms with Gasteiger partial charge in [-0.1, -0.05) is 60.5 Å². The van der Waals surface area contributed by atoms with E-state index < -0.39 is 42.1 Å². The topological polar surface area (TPSA) is 224 Å². The van der Waals surface area contributed by atoms with Crippen LogP contribution >= 0.6 is 11.3 Å². The number of piperidine rings is 1. The third-order valence-electron chi connectivity index (χ3n) is 12.2. The Hall–Kier alpha value is -4.20. The van der Waals surface area contributed by atoms with E-state index in [4.69, 9.17) is 29.7 Å². The lowest BCUT2D eigenvalue weighted by Gasteiger charge is -2.40. The number of nitrogens with two attached hydrogens (primary N) is 1. The van der Waals surface area contributed by atoms with Gasteiger partial charge in [0, 0.05) is 50.1 Å². The Morgan fingerprint density at radius 1 is 1.02 bits per heavy atom. The zero-order valence-electron chi connectivity index (χ0n) is 39.6. The van der Waals surface area contributed by atoms with Crippen molar-refractivity contribution in [3.8, 4) is 5.75 Å². The first-order valence-electron chi connectivity index (χ1n) is 23.6. The fourth-order valence-corrected chi connectivity index (χ4v) is 9.36. The van der Waals surface area contributed by atoms with Crippen molar-refractivity contribution in [3.05, 3.63) is 45.4 Å². The summed E-state index contributed by atoms with van der Waals surface area (Å²) in [6.07, 6.45) is 4.75. The van der Waals surface area contributed by atoms with Gasteiger partial charge in [-0.2, -0.15) is 0 Å². The van der Waals surface area contributed by atoms with Gasteiger partial charge in [-0.3, -0.25) is 24.1 Å². The minimum atomic E-state index is -1.06. The number of likely N-dealkylation sites (tertiary alicyclic amines) is 1. The molecule has 0 saturated carbocycles. The van der Waals surface area contributed by atoms with Crippen molar-refractivity contribution in [2.24, 2.45) is 17.6 Å². The summed E-state index contributed by atoms with van der Waals surface area (Å²) in [4.78, 5) is 75.9. The molecule has 65 heavy (non-hydrogen) atoms. The highest BCUT2D eigenvalue weighted by Crippen LogP contribution is 2.36. The molecule has 4 amide bonds. The third-order valence-corrected chi connectivity index (χ3v) is 13.2. The van der Waals surface area contributed by atoms with Crippen LogP contribution in [0.5, 0.6) is 5.75 Å². The first kappa shape index (κ1) is 53.4. The molecule has 18 heteroatoms. The van der Waals surface area contributed by atoms with Gasteiger partial charge in [0.2, 0.25) is 11.8 Å². The van der Waals surface area contributed by atoms with E-state index in [1.165, 1.54) is 11.3 Å². The first-order valence-corrected chi connectivity index (χ1v) is 24.5. The Balaban J connectivity index is 1.44. The third kappa shape index (κ3) is 16.0. The van der Waals surface area contributed by atoms with E-state index >= 15 is 0 Å². The number of amides is 4. The highest BCUT2D eigenvalue weighted by atomic mass is 32.1. The number of carbonyl (C=O) groups excluding carboxylic acids is 4. The van der Waals surface area contributed by atoms with E-state index in [1.807, 2.05) is 39.6 Å². The van der Waals surface area contributed by atoms with Gasteiger partial charge in [0.25, 0.3) is 5.91 Å². The summed E-state index contributed by atoms with van der Waals surface area (Å²) < 4.78 is 22.5. The predicted molar refractivity (Wildman–Crippen MR) is 249 cm³/mol. The van der Waals surface area contributed by atoms with Gasteiger partial charge in [-0.15, -0.1) is 11.3 Å². The number of carbonyl (C=O) groups is 5. The Morgan fingerprint density at radius 3 is 2.43 bits per heavy atom. The van der Waals surface area contributed by atoms with Crippen LogP contribution in [0.1, 0.15) is 132 Å². The average molecular weight is 930 g/mol. The zero-order chi connectivity index (χ0) is 47.5. The number of nitrogens with zero attached hydrogens (tertiary/aromatic N) is 3. The lowest BCUT2D eigenvalue weighted by atomic mass is 9.80. The lowest BCUT2D eigenvalue weighted by molar-refractivity contribution is -0.143. The number of rotatable bonds is 27. The maximum atomic E-state index is 14.7. The van der Waals surface area contributed by atoms with Gasteiger partial charge in [-0.25, -0.2) is 9.78 Å². The van der Waals surface area contributed by atoms with Crippen LogP contribution in [0.4, 0.5) is 4.79 Å². The summed E-state index contributed by atoms with van der Waals surface area (Å²) in [6, 6.07) is 3.21. The number of nitrogens with one attached hydrogen (secondary N) is 3. The molecule has 2 aliphatic rings. The molecule has 17 nitrogen and oxygen atoms in total. The quantitative estimate of drug-likeness (QED) is 0.0722. The minimum Gasteiger partial charge on any atom is -0.481 e. The fraction of sp³-hybridized carbons (Fsp3) is 0.702. The zero-order valence-corrected chi connectivity index (χ0v) is 40.4. The molecule has 6 N–H and O–H groups in total. The van der Waals surface area contributed by atoms with Gasteiger partial charge in [-0.05, 0) is 87.2 Å². The van der Waals surface area contributed by atoms with Gasteiger partial charge in [0.15, 0.2) is 0 Å². The van der Waals surface area contributed by atoms with E-state index in [0.717, 1.165) is 50.6 Å². The molecule has 1 aliphatic heterocycles. The highest BCUT2D eigenvalue weighted by Gasteiger charge is 2.39. The van der Waals surface area contributed by atoms with Crippen LogP contribution < -0.4 is 26.4 Å². The molecule has 7 atom stereocenters. The largest absolute Gasteiger partial charge is 0.481 e. The number of fused-ring (bicyclic) bond motifs is 1. The minimum absolute atomic E-state index is 0.0398. The average Bonchev–Trinajstić information content (AvgIpc) is 3.78. The van der Waals surface area contributed by atoms with Crippen LogP contribution in [0, 0.1) is 11.8 Å². The molecule has 0 bridgehead atoms. The molecule has 1 unspecified atom stereocenters. The Morgan fingerprint density at radius 2 is 1.77 bits per heavy atom. The van der Waals surface area contributed by atoms with Crippen molar-refractivity contribution >= 4 is 41.1 Å². The molecule has 0 radical (unpaired) electrons. The van der Waals surface area contributed by atoms with E-state index in [-0.39, 0.29) is 66.7 Å². The molecule has 1 fully saturated rings. The number of carboxylic acids is 1. The number of likely N-dealkylation sites (N-methyl/N-ethyl adjacent to an activating group) is 1. The van der Waals surface area contributed by atoms with Crippen molar-refractivity contribution in [1.82, 2.24) is 30.7 Å². The molecule has 2 aromatic rings. The Labute approximate surface area is 389 Å². The van der Waals surface area contributed by atoms with Gasteiger partial charge < -0.3 is 50.6 Å². The Kier molecular flexibility index (Phi) is 22.6. The number of aromatic nitrogens is 1. The standard InChI is InChI=1S/C47H75N7O10S/c1-8-18-54(45(57)41(31(6)10-3)52-43(56)38-13-11-12-19-53(38)7)39(30(4)5)28-40(63-20-9-2)44-51-37(29-65-44)42(55)50-33-25-32-14-15-34(27-35(32)36(26-33)46(58)59)64-47(60)49-17-22-62-24-23-61-21-16-48/h14-15,27,29-31,33,36,38-41H,8-13,16-26,28,48H2,1-7H3,(H,49,60)(H,50,55)(H,52,56)(H,58,59)/t31-,33-,36+,38+,39?,40+,41-/m0/s1. The summed E-state index contributed by atoms with van der Waals surface area (Å²) in [5.74, 6) is -2.47. The molecule has 1 aromatic heterocycles. The number of aliphatic carboxylic acids is 1. The van der Waals surface area contributed by atoms with E-state index in [1.54, 1.807) is 23.6 Å². The number of ether oxygens (including phenoxy) is 4. The summed E-state index contributed by atoms with van der Waals surface area (Å²) >= 11 is 1.32. The molecule has 1 saturated heterocycles. The molecule has 364 valence electrons. The van der Waals surface area contributed by atoms with Crippen molar-refractivity contribution in [1.29, 1.82) is 0 Å². The number of hydrogen-bond donors (Lipinski definition) is 5. The normalized spacial score (nSPS) is 19.4. The summed E-state index contributed by atoms with van der Waals surface area (Å²) in [6.45, 7) is 16.2. The summed E-state index contributed by atoms with van der Waals surface area (Å²) in [7, 11) is 1.97. The predicted octanol–water partition coefficient (Wildman–Crippen LogP) is 5.27. The first-order chi connectivity index (χ1) is 31.2. The van der Waals surface area contributed by atoms with Gasteiger partial charge in [0.05, 0.1) is 38.4 Å². The number of thiazole rings is 1. The molecular formula is C47H75N7O10S. The number of benzene rings is 1. The SMILES string of the molecule is CCCO[C@H](CC(C(C)C)N(CCC)C(=O)[C@@H](NC(=O)[C@H]1CCCCN1C)[C@@H](C)CC)c1nc(C(=O)N[C@H]2Cc3ccc(OC(=O)NCCOCCOCCN)cc3[C@H](C(=O)O)C2)cs1. The van der Waals surface area contributed by atoms with Crippen LogP contribution in [-0.2, 0) is 35.0 Å². The van der Waals surface area contributed by atoms with Crippen molar-refractivity contribution in [3.63, 3.8) is 0 Å². The second-order valence-corrected chi connectivity index (χ2v) is 18.5. The molecule has 1 aromatic carbocycles. The van der Waals surface area contributed by atoms with Crippen molar-refractivity contribution < 1.29 is 48.0 Å². The lowest BCUT2D eigenvalue weighted by Crippen LogP contribution is -2.58. The van der Waals surface area contributed by atoms with Crippen LogP contribution in [-0.4, -0.2) is 140 Å². The van der Waals surface area contributed by atoms with E-state index in [2.05, 4.69) is 34.7 Å². The maximum Gasteiger partial charge on any atom is 0.412 e. The number of carboxylic acid groups (broad SMARTS) is 1. The molecule has 1 aliphatic carbocycles. The van der Waals surface area contributed by atoms with Crippen LogP contribution in [0.15, 0.2) is 23.6 Å². The van der Waals surface area contributed by atoms with Crippen LogP contribution in [0.25, 0.3) is 0 Å². The smallest absolute Gasteiger partial charge is 0.412 e.